The summed E-state index contributed by atoms with van der Waals surface area (Å²) in [6, 6.07) is 14.0. The fourth-order valence-corrected chi connectivity index (χ4v) is 1.66. The monoisotopic (exact) mass is 279 g/mol. The maximum absolute atomic E-state index is 12.9. The van der Waals surface area contributed by atoms with Crippen LogP contribution in [0.3, 0.4) is 0 Å². The molecule has 21 heavy (non-hydrogen) atoms. The van der Waals surface area contributed by atoms with Crippen LogP contribution in [0.1, 0.15) is 37.5 Å². The highest BCUT2D eigenvalue weighted by Gasteiger charge is 2.05. The summed E-state index contributed by atoms with van der Waals surface area (Å²) in [5.74, 6) is 5.92. The van der Waals surface area contributed by atoms with Crippen LogP contribution in [0.2, 0.25) is 0 Å². The average molecular weight is 279 g/mol. The van der Waals surface area contributed by atoms with Gasteiger partial charge in [-0.1, -0.05) is 30.0 Å². The molecule has 0 N–H and O–H groups in total. The minimum atomic E-state index is -0.252. The molecule has 0 atom stereocenters. The van der Waals surface area contributed by atoms with E-state index in [0.717, 1.165) is 16.7 Å². The van der Waals surface area contributed by atoms with Crippen LogP contribution >= 0.6 is 0 Å². The molecule has 2 rings (SSSR count). The molecule has 0 aliphatic rings. The molecule has 0 aliphatic heterocycles. The molecule has 0 saturated carbocycles. The Kier molecular flexibility index (Phi) is 4.55. The standard InChI is InChI=1S/C19H18FN/c1-19(2,3)21-14-17-7-5-4-6-16(17)11-8-15-9-12-18(20)13-10-15/h4-7,9-10,12-14H,1-3H3. The number of nitrogens with zero attached hydrogens (tertiary/aromatic N) is 1. The first-order valence-corrected chi connectivity index (χ1v) is 6.86. The van der Waals surface area contributed by atoms with Gasteiger partial charge in [-0.05, 0) is 51.1 Å². The van der Waals surface area contributed by atoms with E-state index in [0.29, 0.717) is 0 Å². The third kappa shape index (κ3) is 4.89. The first kappa shape index (κ1) is 15.0. The van der Waals surface area contributed by atoms with Crippen molar-refractivity contribution in [1.82, 2.24) is 0 Å². The Labute approximate surface area is 125 Å². The second-order valence-electron chi connectivity index (χ2n) is 5.77. The molecular weight excluding hydrogens is 261 g/mol. The lowest BCUT2D eigenvalue weighted by molar-refractivity contribution is 0.586. The van der Waals surface area contributed by atoms with E-state index in [-0.39, 0.29) is 11.4 Å². The van der Waals surface area contributed by atoms with Crippen molar-refractivity contribution in [3.63, 3.8) is 0 Å². The van der Waals surface area contributed by atoms with E-state index in [2.05, 4.69) is 37.6 Å². The van der Waals surface area contributed by atoms with Crippen molar-refractivity contribution in [1.29, 1.82) is 0 Å². The van der Waals surface area contributed by atoms with Crippen molar-refractivity contribution in [3.8, 4) is 11.8 Å². The first-order valence-electron chi connectivity index (χ1n) is 6.86. The molecule has 1 nitrogen and oxygen atoms in total. The molecule has 0 heterocycles. The molecule has 0 saturated heterocycles. The van der Waals surface area contributed by atoms with Crippen LogP contribution in [-0.4, -0.2) is 11.8 Å². The normalized spacial score (nSPS) is 11.2. The summed E-state index contributed by atoms with van der Waals surface area (Å²) >= 11 is 0. The maximum Gasteiger partial charge on any atom is 0.123 e. The van der Waals surface area contributed by atoms with E-state index >= 15 is 0 Å². The molecule has 0 unspecified atom stereocenters. The summed E-state index contributed by atoms with van der Waals surface area (Å²) < 4.78 is 12.9. The van der Waals surface area contributed by atoms with Gasteiger partial charge >= 0.3 is 0 Å². The summed E-state index contributed by atoms with van der Waals surface area (Å²) in [7, 11) is 0. The third-order valence-corrected chi connectivity index (χ3v) is 2.74. The highest BCUT2D eigenvalue weighted by atomic mass is 19.1. The van der Waals surface area contributed by atoms with Gasteiger partial charge in [-0.25, -0.2) is 4.39 Å². The topological polar surface area (TPSA) is 12.4 Å². The Morgan fingerprint density at radius 1 is 0.952 bits per heavy atom. The fraction of sp³-hybridized carbons (Fsp3) is 0.211. The summed E-state index contributed by atoms with van der Waals surface area (Å²) in [5, 5.41) is 0. The van der Waals surface area contributed by atoms with Gasteiger partial charge in [0, 0.05) is 22.9 Å². The van der Waals surface area contributed by atoms with Gasteiger partial charge in [0.25, 0.3) is 0 Å². The van der Waals surface area contributed by atoms with Crippen molar-refractivity contribution in [2.45, 2.75) is 26.3 Å². The zero-order valence-electron chi connectivity index (χ0n) is 12.5. The molecule has 2 heteroatoms. The first-order chi connectivity index (χ1) is 9.94. The Bertz CT molecular complexity index is 695. The van der Waals surface area contributed by atoms with Gasteiger partial charge in [-0.15, -0.1) is 0 Å². The van der Waals surface area contributed by atoms with Crippen LogP contribution in [0.4, 0.5) is 4.39 Å². The van der Waals surface area contributed by atoms with Gasteiger partial charge in [0.15, 0.2) is 0 Å². The molecule has 0 fully saturated rings. The average Bonchev–Trinajstić information content (AvgIpc) is 2.44. The van der Waals surface area contributed by atoms with Crippen LogP contribution in [0.15, 0.2) is 53.5 Å². The maximum atomic E-state index is 12.9. The van der Waals surface area contributed by atoms with E-state index in [1.807, 2.05) is 30.5 Å². The number of halogens is 1. The molecular formula is C19H18FN. The zero-order valence-corrected chi connectivity index (χ0v) is 12.5. The van der Waals surface area contributed by atoms with Crippen LogP contribution in [0.25, 0.3) is 0 Å². The predicted molar refractivity (Wildman–Crippen MR) is 86.2 cm³/mol. The van der Waals surface area contributed by atoms with Gasteiger partial charge in [0.05, 0.1) is 5.54 Å². The molecule has 2 aromatic rings. The number of hydrogen-bond acceptors (Lipinski definition) is 1. The van der Waals surface area contributed by atoms with Crippen molar-refractivity contribution in [2.75, 3.05) is 0 Å². The van der Waals surface area contributed by atoms with Crippen molar-refractivity contribution in [3.05, 3.63) is 71.0 Å². The second-order valence-corrected chi connectivity index (χ2v) is 5.77. The summed E-state index contributed by atoms with van der Waals surface area (Å²) in [6.07, 6.45) is 1.86. The Hall–Kier alpha value is -2.40. The van der Waals surface area contributed by atoms with Crippen LogP contribution in [0, 0.1) is 17.7 Å². The number of hydrogen-bond donors (Lipinski definition) is 0. The molecule has 0 bridgehead atoms. The minimum absolute atomic E-state index is 0.114. The minimum Gasteiger partial charge on any atom is -0.287 e. The van der Waals surface area contributed by atoms with E-state index in [1.54, 1.807) is 12.1 Å². The van der Waals surface area contributed by atoms with Gasteiger partial charge in [-0.3, -0.25) is 4.99 Å². The van der Waals surface area contributed by atoms with Crippen molar-refractivity contribution in [2.24, 2.45) is 4.99 Å². The largest absolute Gasteiger partial charge is 0.287 e. The van der Waals surface area contributed by atoms with Gasteiger partial charge in [0.1, 0.15) is 5.82 Å². The molecule has 0 radical (unpaired) electrons. The molecule has 2 aromatic carbocycles. The Morgan fingerprint density at radius 3 is 2.29 bits per heavy atom. The number of rotatable bonds is 1. The lowest BCUT2D eigenvalue weighted by atomic mass is 10.1. The SMILES string of the molecule is CC(C)(C)N=Cc1ccccc1C#Cc1ccc(F)cc1. The van der Waals surface area contributed by atoms with Gasteiger partial charge in [-0.2, -0.15) is 0 Å². The van der Waals surface area contributed by atoms with Gasteiger partial charge < -0.3 is 0 Å². The van der Waals surface area contributed by atoms with E-state index in [4.69, 9.17) is 0 Å². The molecule has 0 aromatic heterocycles. The lowest BCUT2D eigenvalue weighted by Crippen LogP contribution is -2.09. The Balaban J connectivity index is 2.29. The zero-order chi connectivity index (χ0) is 15.3. The van der Waals surface area contributed by atoms with Crippen molar-refractivity contribution >= 4 is 6.21 Å². The number of aliphatic imine (C=N–C) groups is 1. The lowest BCUT2D eigenvalue weighted by Gasteiger charge is -2.11. The van der Waals surface area contributed by atoms with Crippen LogP contribution < -0.4 is 0 Å². The summed E-state index contributed by atoms with van der Waals surface area (Å²) in [6.45, 7) is 6.16. The highest BCUT2D eigenvalue weighted by Crippen LogP contribution is 2.10. The summed E-state index contributed by atoms with van der Waals surface area (Å²) in [5.41, 5.74) is 2.58. The van der Waals surface area contributed by atoms with Crippen LogP contribution in [0.5, 0.6) is 0 Å². The van der Waals surface area contributed by atoms with E-state index in [9.17, 15) is 4.39 Å². The molecule has 0 aliphatic carbocycles. The molecule has 106 valence electrons. The predicted octanol–water partition coefficient (Wildman–Crippen LogP) is 4.44. The third-order valence-electron chi connectivity index (χ3n) is 2.74. The van der Waals surface area contributed by atoms with Gasteiger partial charge in [0.2, 0.25) is 0 Å². The van der Waals surface area contributed by atoms with Crippen molar-refractivity contribution < 1.29 is 4.39 Å². The Morgan fingerprint density at radius 2 is 1.62 bits per heavy atom. The highest BCUT2D eigenvalue weighted by molar-refractivity contribution is 5.83. The molecule has 0 amide bonds. The molecule has 0 spiro atoms. The van der Waals surface area contributed by atoms with E-state index in [1.165, 1.54) is 12.1 Å². The fourth-order valence-electron chi connectivity index (χ4n) is 1.66. The smallest absolute Gasteiger partial charge is 0.123 e. The summed E-state index contributed by atoms with van der Waals surface area (Å²) in [4.78, 5) is 4.51. The van der Waals surface area contributed by atoms with E-state index < -0.39 is 0 Å². The quantitative estimate of drug-likeness (QED) is 0.540. The number of benzene rings is 2. The second kappa shape index (κ2) is 6.37. The van der Waals surface area contributed by atoms with Crippen LogP contribution in [-0.2, 0) is 0 Å².